The Balaban J connectivity index is 2.43. The van der Waals surface area contributed by atoms with E-state index in [-0.39, 0.29) is 11.9 Å². The Bertz CT molecular complexity index is 398. The molecule has 3 nitrogen and oxygen atoms in total. The van der Waals surface area contributed by atoms with Gasteiger partial charge in [0.1, 0.15) is 0 Å². The highest BCUT2D eigenvalue weighted by Crippen LogP contribution is 2.09. The molecule has 0 aliphatic heterocycles. The Hall–Kier alpha value is -1.61. The van der Waals surface area contributed by atoms with E-state index in [1.165, 1.54) is 0 Å². The summed E-state index contributed by atoms with van der Waals surface area (Å²) in [5.74, 6) is 0.0448. The van der Waals surface area contributed by atoms with Gasteiger partial charge >= 0.3 is 0 Å². The Kier molecular flexibility index (Phi) is 6.15. The van der Waals surface area contributed by atoms with Gasteiger partial charge < -0.3 is 10.4 Å². The van der Waals surface area contributed by atoms with Crippen molar-refractivity contribution in [3.05, 3.63) is 42.1 Å². The predicted octanol–water partition coefficient (Wildman–Crippen LogP) is 3.12. The third-order valence-corrected chi connectivity index (χ3v) is 2.69. The van der Waals surface area contributed by atoms with E-state index >= 15 is 0 Å². The maximum atomic E-state index is 11.6. The van der Waals surface area contributed by atoms with Gasteiger partial charge in [-0.15, -0.1) is 0 Å². The molecule has 0 saturated heterocycles. The Morgan fingerprint density at radius 1 is 1.39 bits per heavy atom. The highest BCUT2D eigenvalue weighted by atomic mass is 16.3. The van der Waals surface area contributed by atoms with Crippen molar-refractivity contribution in [2.75, 3.05) is 5.32 Å². The van der Waals surface area contributed by atoms with E-state index in [1.54, 1.807) is 6.08 Å². The van der Waals surface area contributed by atoms with E-state index in [1.807, 2.05) is 44.2 Å². The van der Waals surface area contributed by atoms with Gasteiger partial charge in [-0.25, -0.2) is 0 Å². The number of aliphatic hydroxyl groups excluding tert-OH is 1. The molecule has 0 aliphatic rings. The maximum absolute atomic E-state index is 11.6. The standard InChI is InChI=1S/C15H21NO2/c1-3-14(17)9-10-15(18)11-12(2)16-13-7-5-4-6-8-13/h4-8,11,14,16-17H,3,9-10H2,1-2H3/b12-11-. The average Bonchev–Trinajstić information content (AvgIpc) is 2.37. The van der Waals surface area contributed by atoms with Crippen molar-refractivity contribution >= 4 is 11.5 Å². The van der Waals surface area contributed by atoms with Crippen LogP contribution in [0.5, 0.6) is 0 Å². The van der Waals surface area contributed by atoms with Gasteiger partial charge in [-0.2, -0.15) is 0 Å². The van der Waals surface area contributed by atoms with Gasteiger partial charge in [-0.3, -0.25) is 4.79 Å². The first kappa shape index (κ1) is 14.5. The first-order chi connectivity index (χ1) is 8.61. The number of carbonyl (C=O) groups is 1. The SMILES string of the molecule is CCC(O)CCC(=O)/C=C(/C)Nc1ccccc1. The number of hydrogen-bond donors (Lipinski definition) is 2. The van der Waals surface area contributed by atoms with E-state index in [2.05, 4.69) is 5.32 Å². The Morgan fingerprint density at radius 2 is 2.06 bits per heavy atom. The minimum absolute atomic E-state index is 0.0448. The summed E-state index contributed by atoms with van der Waals surface area (Å²) in [6, 6.07) is 9.72. The van der Waals surface area contributed by atoms with E-state index in [0.29, 0.717) is 19.3 Å². The molecular weight excluding hydrogens is 226 g/mol. The topological polar surface area (TPSA) is 49.3 Å². The van der Waals surface area contributed by atoms with Crippen LogP contribution >= 0.6 is 0 Å². The second-order valence-corrected chi connectivity index (χ2v) is 4.39. The largest absolute Gasteiger partial charge is 0.393 e. The van der Waals surface area contributed by atoms with E-state index in [4.69, 9.17) is 0 Å². The molecule has 0 aliphatic carbocycles. The van der Waals surface area contributed by atoms with E-state index < -0.39 is 0 Å². The molecule has 1 aromatic carbocycles. The average molecular weight is 247 g/mol. The zero-order valence-electron chi connectivity index (χ0n) is 11.0. The lowest BCUT2D eigenvalue weighted by Gasteiger charge is -2.07. The van der Waals surface area contributed by atoms with Gasteiger partial charge in [0.25, 0.3) is 0 Å². The van der Waals surface area contributed by atoms with Crippen molar-refractivity contribution in [1.29, 1.82) is 0 Å². The zero-order chi connectivity index (χ0) is 13.4. The minimum atomic E-state index is -0.371. The lowest BCUT2D eigenvalue weighted by atomic mass is 10.1. The summed E-state index contributed by atoms with van der Waals surface area (Å²) in [7, 11) is 0. The van der Waals surface area contributed by atoms with Gasteiger partial charge in [0.2, 0.25) is 0 Å². The normalized spacial score (nSPS) is 13.2. The molecule has 1 unspecified atom stereocenters. The smallest absolute Gasteiger partial charge is 0.157 e. The molecule has 2 N–H and O–H groups in total. The van der Waals surface area contributed by atoms with Crippen molar-refractivity contribution in [3.63, 3.8) is 0 Å². The number of allylic oxidation sites excluding steroid dienone is 2. The number of ketones is 1. The fourth-order valence-electron chi connectivity index (χ4n) is 1.61. The summed E-state index contributed by atoms with van der Waals surface area (Å²) < 4.78 is 0. The van der Waals surface area contributed by atoms with Crippen molar-refractivity contribution in [1.82, 2.24) is 0 Å². The first-order valence-electron chi connectivity index (χ1n) is 6.33. The van der Waals surface area contributed by atoms with Gasteiger partial charge in [-0.05, 0) is 31.9 Å². The molecule has 1 rings (SSSR count). The number of carbonyl (C=O) groups excluding carboxylic acids is 1. The van der Waals surface area contributed by atoms with Crippen LogP contribution in [0.25, 0.3) is 0 Å². The molecule has 3 heteroatoms. The number of anilines is 1. The summed E-state index contributed by atoms with van der Waals surface area (Å²) in [5, 5.41) is 12.5. The molecule has 0 radical (unpaired) electrons. The second-order valence-electron chi connectivity index (χ2n) is 4.39. The molecule has 0 aromatic heterocycles. The number of nitrogens with one attached hydrogen (secondary N) is 1. The van der Waals surface area contributed by atoms with Crippen LogP contribution in [-0.4, -0.2) is 17.0 Å². The lowest BCUT2D eigenvalue weighted by Crippen LogP contribution is -2.08. The van der Waals surface area contributed by atoms with Crippen molar-refractivity contribution in [2.45, 2.75) is 39.2 Å². The maximum Gasteiger partial charge on any atom is 0.157 e. The van der Waals surface area contributed by atoms with Crippen LogP contribution < -0.4 is 5.32 Å². The number of para-hydroxylation sites is 1. The third kappa shape index (κ3) is 5.64. The quantitative estimate of drug-likeness (QED) is 0.728. The van der Waals surface area contributed by atoms with E-state index in [9.17, 15) is 9.90 Å². The fraction of sp³-hybridized carbons (Fsp3) is 0.400. The minimum Gasteiger partial charge on any atom is -0.393 e. The monoisotopic (exact) mass is 247 g/mol. The number of aliphatic hydroxyl groups is 1. The van der Waals surface area contributed by atoms with Crippen molar-refractivity contribution < 1.29 is 9.90 Å². The molecule has 1 aromatic rings. The van der Waals surface area contributed by atoms with Crippen LogP contribution in [0.15, 0.2) is 42.1 Å². The van der Waals surface area contributed by atoms with Crippen molar-refractivity contribution in [3.8, 4) is 0 Å². The lowest BCUT2D eigenvalue weighted by molar-refractivity contribution is -0.115. The summed E-state index contributed by atoms with van der Waals surface area (Å²) >= 11 is 0. The number of rotatable bonds is 7. The van der Waals surface area contributed by atoms with Crippen molar-refractivity contribution in [2.24, 2.45) is 0 Å². The molecule has 1 atom stereocenters. The molecule has 0 amide bonds. The van der Waals surface area contributed by atoms with Crippen LogP contribution in [0.3, 0.4) is 0 Å². The molecule has 0 bridgehead atoms. The molecule has 0 fully saturated rings. The summed E-state index contributed by atoms with van der Waals surface area (Å²) in [6.07, 6.45) is 2.84. The van der Waals surface area contributed by atoms with Gasteiger partial charge in [0.15, 0.2) is 5.78 Å². The predicted molar refractivity (Wildman–Crippen MR) is 74.4 cm³/mol. The molecule has 0 heterocycles. The van der Waals surface area contributed by atoms with Crippen LogP contribution in [0, 0.1) is 0 Å². The molecular formula is C15H21NO2. The van der Waals surface area contributed by atoms with Gasteiger partial charge in [-0.1, -0.05) is 25.1 Å². The highest BCUT2D eigenvalue weighted by Gasteiger charge is 2.04. The van der Waals surface area contributed by atoms with Gasteiger partial charge in [0.05, 0.1) is 6.10 Å². The molecule has 0 saturated carbocycles. The summed E-state index contributed by atoms with van der Waals surface area (Å²) in [4.78, 5) is 11.6. The Morgan fingerprint density at radius 3 is 2.67 bits per heavy atom. The first-order valence-corrected chi connectivity index (χ1v) is 6.33. The van der Waals surface area contributed by atoms with E-state index in [0.717, 1.165) is 11.4 Å². The highest BCUT2D eigenvalue weighted by molar-refractivity contribution is 5.90. The number of benzene rings is 1. The van der Waals surface area contributed by atoms with Crippen LogP contribution in [0.2, 0.25) is 0 Å². The van der Waals surface area contributed by atoms with Gasteiger partial charge in [0, 0.05) is 23.9 Å². The second kappa shape index (κ2) is 7.67. The third-order valence-electron chi connectivity index (χ3n) is 2.69. The van der Waals surface area contributed by atoms with Crippen LogP contribution in [0.4, 0.5) is 5.69 Å². The Labute approximate surface area is 109 Å². The van der Waals surface area contributed by atoms with Crippen LogP contribution in [-0.2, 0) is 4.79 Å². The molecule has 0 spiro atoms. The molecule has 98 valence electrons. The number of hydrogen-bond acceptors (Lipinski definition) is 3. The zero-order valence-corrected chi connectivity index (χ0v) is 11.0. The van der Waals surface area contributed by atoms with Crippen LogP contribution in [0.1, 0.15) is 33.1 Å². The summed E-state index contributed by atoms with van der Waals surface area (Å²) in [5.41, 5.74) is 1.78. The molecule has 18 heavy (non-hydrogen) atoms. The fourth-order valence-corrected chi connectivity index (χ4v) is 1.61. The summed E-state index contributed by atoms with van der Waals surface area (Å²) in [6.45, 7) is 3.77.